The Morgan fingerprint density at radius 1 is 1.47 bits per heavy atom. The fourth-order valence-corrected chi connectivity index (χ4v) is 4.77. The first kappa shape index (κ1) is 11.7. The summed E-state index contributed by atoms with van der Waals surface area (Å²) in [5.41, 5.74) is 1.53. The molecule has 0 aromatic heterocycles. The monoisotopic (exact) mass is 259 g/mol. The molecule has 0 N–H and O–H groups in total. The van der Waals surface area contributed by atoms with Crippen LogP contribution in [0.4, 0.5) is 0 Å². The molecule has 0 aromatic rings. The molecule has 4 rings (SSSR count). The summed E-state index contributed by atoms with van der Waals surface area (Å²) in [5.74, 6) is 0.527. The Kier molecular flexibility index (Phi) is 2.44. The van der Waals surface area contributed by atoms with E-state index in [9.17, 15) is 4.79 Å². The molecule has 0 amide bonds. The van der Waals surface area contributed by atoms with E-state index in [0.29, 0.717) is 5.92 Å². The van der Waals surface area contributed by atoms with Crippen molar-refractivity contribution in [2.75, 3.05) is 13.1 Å². The lowest BCUT2D eigenvalue weighted by atomic mass is 9.62. The van der Waals surface area contributed by atoms with Crippen molar-refractivity contribution in [1.29, 1.82) is 0 Å². The first-order valence-electron chi connectivity index (χ1n) is 7.54. The van der Waals surface area contributed by atoms with Gasteiger partial charge in [-0.15, -0.1) is 0 Å². The summed E-state index contributed by atoms with van der Waals surface area (Å²) in [6.45, 7) is 4.22. The standard InChI is InChI=1S/C16H21NO2/c1-11-10-16-12-4-2-8-17(16)9-3-5-13(16)14(7-6-12)19-15(11)18/h2,4,6,11,13-14H,3,5,7-10H2,1H3/t11-,13+,14+,16+/m0/s1. The topological polar surface area (TPSA) is 29.5 Å². The van der Waals surface area contributed by atoms with Crippen molar-refractivity contribution in [3.8, 4) is 0 Å². The summed E-state index contributed by atoms with van der Waals surface area (Å²) in [6.07, 6.45) is 11.3. The summed E-state index contributed by atoms with van der Waals surface area (Å²) in [4.78, 5) is 14.7. The van der Waals surface area contributed by atoms with Crippen LogP contribution in [0.25, 0.3) is 0 Å². The molecule has 2 bridgehead atoms. The number of nitrogens with zero attached hydrogens (tertiary/aromatic N) is 1. The molecule has 0 aromatic carbocycles. The molecular formula is C16H21NO2. The van der Waals surface area contributed by atoms with Gasteiger partial charge in [0.15, 0.2) is 0 Å². The summed E-state index contributed by atoms with van der Waals surface area (Å²) in [5, 5.41) is 0. The number of esters is 1. The Morgan fingerprint density at radius 3 is 3.26 bits per heavy atom. The third kappa shape index (κ3) is 1.45. The van der Waals surface area contributed by atoms with E-state index in [1.54, 1.807) is 0 Å². The molecular weight excluding hydrogens is 238 g/mol. The van der Waals surface area contributed by atoms with E-state index in [0.717, 1.165) is 25.9 Å². The van der Waals surface area contributed by atoms with Gasteiger partial charge in [0.1, 0.15) is 6.10 Å². The van der Waals surface area contributed by atoms with E-state index in [4.69, 9.17) is 4.74 Å². The predicted octanol–water partition coefficient (Wildman–Crippen LogP) is 2.29. The van der Waals surface area contributed by atoms with Crippen LogP contribution in [0, 0.1) is 11.8 Å². The first-order chi connectivity index (χ1) is 9.22. The van der Waals surface area contributed by atoms with Gasteiger partial charge in [-0.3, -0.25) is 9.69 Å². The van der Waals surface area contributed by atoms with Crippen molar-refractivity contribution in [3.63, 3.8) is 0 Å². The molecule has 3 heterocycles. The maximum Gasteiger partial charge on any atom is 0.309 e. The van der Waals surface area contributed by atoms with Crippen LogP contribution >= 0.6 is 0 Å². The fourth-order valence-electron chi connectivity index (χ4n) is 4.77. The van der Waals surface area contributed by atoms with Crippen LogP contribution in [0.3, 0.4) is 0 Å². The van der Waals surface area contributed by atoms with E-state index in [1.165, 1.54) is 18.4 Å². The lowest BCUT2D eigenvalue weighted by Crippen LogP contribution is -2.63. The van der Waals surface area contributed by atoms with Crippen molar-refractivity contribution < 1.29 is 9.53 Å². The summed E-state index contributed by atoms with van der Waals surface area (Å²) >= 11 is 0. The number of piperidine rings is 1. The predicted molar refractivity (Wildman–Crippen MR) is 72.5 cm³/mol. The van der Waals surface area contributed by atoms with Crippen molar-refractivity contribution in [3.05, 3.63) is 23.8 Å². The molecule has 4 aliphatic rings. The number of hydrogen-bond donors (Lipinski definition) is 0. The van der Waals surface area contributed by atoms with Crippen LogP contribution in [0.5, 0.6) is 0 Å². The Hall–Kier alpha value is -1.09. The Bertz CT molecular complexity index is 481. The van der Waals surface area contributed by atoms with Crippen LogP contribution in [-0.2, 0) is 9.53 Å². The lowest BCUT2D eigenvalue weighted by molar-refractivity contribution is -0.154. The average molecular weight is 259 g/mol. The van der Waals surface area contributed by atoms with Gasteiger partial charge in [0.25, 0.3) is 0 Å². The van der Waals surface area contributed by atoms with Crippen LogP contribution in [0.2, 0.25) is 0 Å². The zero-order valence-electron chi connectivity index (χ0n) is 11.5. The number of rotatable bonds is 0. The van der Waals surface area contributed by atoms with E-state index in [-0.39, 0.29) is 23.5 Å². The lowest BCUT2D eigenvalue weighted by Gasteiger charge is -2.57. The Balaban J connectivity index is 1.89. The zero-order valence-corrected chi connectivity index (χ0v) is 11.5. The second-order valence-electron chi connectivity index (χ2n) is 6.50. The maximum atomic E-state index is 12.1. The zero-order chi connectivity index (χ0) is 13.0. The van der Waals surface area contributed by atoms with Crippen LogP contribution in [0.1, 0.15) is 32.6 Å². The molecule has 3 heteroatoms. The van der Waals surface area contributed by atoms with Crippen molar-refractivity contribution in [2.45, 2.75) is 44.2 Å². The van der Waals surface area contributed by atoms with Crippen LogP contribution < -0.4 is 0 Å². The minimum absolute atomic E-state index is 0.0120. The Labute approximate surface area is 114 Å². The third-order valence-corrected chi connectivity index (χ3v) is 5.55. The van der Waals surface area contributed by atoms with Gasteiger partial charge in [0.05, 0.1) is 11.5 Å². The number of ether oxygens (including phenoxy) is 1. The first-order valence-corrected chi connectivity index (χ1v) is 7.54. The van der Waals surface area contributed by atoms with E-state index in [1.807, 2.05) is 6.92 Å². The maximum absolute atomic E-state index is 12.1. The van der Waals surface area contributed by atoms with E-state index < -0.39 is 0 Å². The largest absolute Gasteiger partial charge is 0.461 e. The average Bonchev–Trinajstić information content (AvgIpc) is 2.47. The normalized spacial score (nSPS) is 45.0. The SMILES string of the molecule is C[C@H]1C[C@@]23C4=CC[C@@H](OC1=O)[C@H]2CCCN3CC=C4. The molecule has 0 saturated carbocycles. The minimum Gasteiger partial charge on any atom is -0.461 e. The summed E-state index contributed by atoms with van der Waals surface area (Å²) in [7, 11) is 0. The molecule has 2 saturated heterocycles. The third-order valence-electron chi connectivity index (χ3n) is 5.55. The summed E-state index contributed by atoms with van der Waals surface area (Å²) in [6, 6.07) is 0. The highest BCUT2D eigenvalue weighted by Crippen LogP contribution is 2.52. The van der Waals surface area contributed by atoms with Gasteiger partial charge >= 0.3 is 5.97 Å². The number of hydrogen-bond acceptors (Lipinski definition) is 3. The van der Waals surface area contributed by atoms with Crippen molar-refractivity contribution in [1.82, 2.24) is 4.90 Å². The fraction of sp³-hybridized carbons (Fsp3) is 0.688. The van der Waals surface area contributed by atoms with E-state index >= 15 is 0 Å². The van der Waals surface area contributed by atoms with Crippen molar-refractivity contribution in [2.24, 2.45) is 11.8 Å². The molecule has 1 spiro atoms. The van der Waals surface area contributed by atoms with Gasteiger partial charge in [0.2, 0.25) is 0 Å². The van der Waals surface area contributed by atoms with Gasteiger partial charge in [-0.1, -0.05) is 25.2 Å². The molecule has 3 aliphatic heterocycles. The minimum atomic E-state index is 0.0120. The molecule has 4 atom stereocenters. The van der Waals surface area contributed by atoms with Crippen LogP contribution in [0.15, 0.2) is 23.8 Å². The number of carbonyl (C=O) groups is 1. The van der Waals surface area contributed by atoms with Gasteiger partial charge in [-0.05, 0) is 31.4 Å². The van der Waals surface area contributed by atoms with Gasteiger partial charge in [-0.2, -0.15) is 0 Å². The molecule has 0 unspecified atom stereocenters. The highest BCUT2D eigenvalue weighted by Gasteiger charge is 2.57. The molecule has 0 radical (unpaired) electrons. The van der Waals surface area contributed by atoms with Crippen molar-refractivity contribution >= 4 is 5.97 Å². The van der Waals surface area contributed by atoms with Crippen LogP contribution in [-0.4, -0.2) is 35.6 Å². The molecule has 102 valence electrons. The molecule has 2 fully saturated rings. The second-order valence-corrected chi connectivity index (χ2v) is 6.50. The highest BCUT2D eigenvalue weighted by molar-refractivity contribution is 5.73. The smallest absolute Gasteiger partial charge is 0.309 e. The molecule has 1 aliphatic carbocycles. The molecule has 3 nitrogen and oxygen atoms in total. The van der Waals surface area contributed by atoms with Gasteiger partial charge < -0.3 is 4.74 Å². The van der Waals surface area contributed by atoms with Gasteiger partial charge in [-0.25, -0.2) is 0 Å². The molecule has 19 heavy (non-hydrogen) atoms. The Morgan fingerprint density at radius 2 is 2.37 bits per heavy atom. The van der Waals surface area contributed by atoms with E-state index in [2.05, 4.69) is 23.1 Å². The quantitative estimate of drug-likeness (QED) is 0.625. The highest BCUT2D eigenvalue weighted by atomic mass is 16.5. The second kappa shape index (κ2) is 3.95. The number of carbonyl (C=O) groups excluding carboxylic acids is 1. The summed E-state index contributed by atoms with van der Waals surface area (Å²) < 4.78 is 5.79. The van der Waals surface area contributed by atoms with Gasteiger partial charge in [0, 0.05) is 18.9 Å².